The van der Waals surface area contributed by atoms with Crippen molar-refractivity contribution in [2.45, 2.75) is 13.5 Å². The number of benzene rings is 1. The first-order chi connectivity index (χ1) is 9.67. The molecule has 3 rings (SSSR count). The first-order valence-electron chi connectivity index (χ1n) is 6.26. The van der Waals surface area contributed by atoms with E-state index in [0.717, 1.165) is 22.7 Å². The number of aromatic nitrogens is 1. The standard InChI is InChI=1S/C15H14N2O3/c1-9-7-10-8-20-15(18)13(10)14(16-9)17-11-3-5-12(19-2)6-4-11/h3-7H,8H2,1-2H3,(H,16,17). The summed E-state index contributed by atoms with van der Waals surface area (Å²) in [7, 11) is 1.62. The second-order valence-corrected chi connectivity index (χ2v) is 4.58. The number of methoxy groups -OCH3 is 1. The summed E-state index contributed by atoms with van der Waals surface area (Å²) in [5, 5.41) is 3.16. The largest absolute Gasteiger partial charge is 0.497 e. The van der Waals surface area contributed by atoms with Crippen LogP contribution in [-0.4, -0.2) is 18.1 Å². The lowest BCUT2D eigenvalue weighted by Crippen LogP contribution is -2.04. The minimum Gasteiger partial charge on any atom is -0.497 e. The van der Waals surface area contributed by atoms with Gasteiger partial charge in [0.1, 0.15) is 23.7 Å². The molecule has 20 heavy (non-hydrogen) atoms. The van der Waals surface area contributed by atoms with E-state index >= 15 is 0 Å². The highest BCUT2D eigenvalue weighted by Crippen LogP contribution is 2.29. The fourth-order valence-electron chi connectivity index (χ4n) is 2.20. The fraction of sp³-hybridized carbons (Fsp3) is 0.200. The fourth-order valence-corrected chi connectivity index (χ4v) is 2.20. The maximum absolute atomic E-state index is 11.8. The Hall–Kier alpha value is -2.56. The molecule has 0 atom stereocenters. The number of hydrogen-bond acceptors (Lipinski definition) is 5. The van der Waals surface area contributed by atoms with Gasteiger partial charge >= 0.3 is 5.97 Å². The van der Waals surface area contributed by atoms with Crippen LogP contribution in [0.3, 0.4) is 0 Å². The predicted molar refractivity (Wildman–Crippen MR) is 74.4 cm³/mol. The quantitative estimate of drug-likeness (QED) is 0.869. The number of carbonyl (C=O) groups is 1. The van der Waals surface area contributed by atoms with Crippen LogP contribution in [0.5, 0.6) is 5.75 Å². The van der Waals surface area contributed by atoms with Gasteiger partial charge < -0.3 is 14.8 Å². The normalized spacial score (nSPS) is 12.8. The van der Waals surface area contributed by atoms with Crippen LogP contribution >= 0.6 is 0 Å². The van der Waals surface area contributed by atoms with Gasteiger partial charge in [0.15, 0.2) is 0 Å². The zero-order valence-corrected chi connectivity index (χ0v) is 11.3. The lowest BCUT2D eigenvalue weighted by Gasteiger charge is -2.10. The van der Waals surface area contributed by atoms with Crippen LogP contribution in [0.1, 0.15) is 21.6 Å². The van der Waals surface area contributed by atoms with Crippen molar-refractivity contribution in [1.82, 2.24) is 4.98 Å². The van der Waals surface area contributed by atoms with E-state index in [-0.39, 0.29) is 5.97 Å². The van der Waals surface area contributed by atoms with Crippen molar-refractivity contribution in [1.29, 1.82) is 0 Å². The van der Waals surface area contributed by atoms with Gasteiger partial charge in [-0.2, -0.15) is 0 Å². The molecule has 0 saturated carbocycles. The molecular formula is C15H14N2O3. The van der Waals surface area contributed by atoms with E-state index in [4.69, 9.17) is 9.47 Å². The summed E-state index contributed by atoms with van der Waals surface area (Å²) in [4.78, 5) is 16.2. The summed E-state index contributed by atoms with van der Waals surface area (Å²) < 4.78 is 10.2. The molecule has 0 fully saturated rings. The molecule has 0 unspecified atom stereocenters. The third kappa shape index (κ3) is 2.18. The molecule has 0 saturated heterocycles. The number of nitrogens with one attached hydrogen (secondary N) is 1. The van der Waals surface area contributed by atoms with Crippen LogP contribution in [-0.2, 0) is 11.3 Å². The van der Waals surface area contributed by atoms with Crippen molar-refractivity contribution >= 4 is 17.5 Å². The summed E-state index contributed by atoms with van der Waals surface area (Å²) in [6.45, 7) is 2.21. The molecule has 0 amide bonds. The summed E-state index contributed by atoms with van der Waals surface area (Å²) in [6, 6.07) is 9.30. The van der Waals surface area contributed by atoms with E-state index in [1.807, 2.05) is 37.3 Å². The topological polar surface area (TPSA) is 60.5 Å². The molecule has 0 bridgehead atoms. The van der Waals surface area contributed by atoms with Gasteiger partial charge in [-0.05, 0) is 37.3 Å². The Morgan fingerprint density at radius 3 is 2.75 bits per heavy atom. The Balaban J connectivity index is 1.96. The number of ether oxygens (including phenoxy) is 2. The van der Waals surface area contributed by atoms with Crippen molar-refractivity contribution in [2.75, 3.05) is 12.4 Å². The molecule has 0 spiro atoms. The van der Waals surface area contributed by atoms with Crippen LogP contribution in [0.15, 0.2) is 30.3 Å². The molecule has 2 aromatic rings. The molecule has 0 radical (unpaired) electrons. The Kier molecular flexibility index (Phi) is 3.02. The molecule has 1 aliphatic heterocycles. The van der Waals surface area contributed by atoms with E-state index in [0.29, 0.717) is 18.0 Å². The lowest BCUT2D eigenvalue weighted by atomic mass is 10.1. The number of rotatable bonds is 3. The Morgan fingerprint density at radius 2 is 2.05 bits per heavy atom. The SMILES string of the molecule is COc1ccc(Nc2nc(C)cc3c2C(=O)OC3)cc1. The summed E-state index contributed by atoms with van der Waals surface area (Å²) in [5.74, 6) is 0.980. The smallest absolute Gasteiger partial charge is 0.342 e. The molecule has 1 aliphatic rings. The Labute approximate surface area is 116 Å². The molecule has 102 valence electrons. The van der Waals surface area contributed by atoms with Gasteiger partial charge in [-0.3, -0.25) is 0 Å². The van der Waals surface area contributed by atoms with E-state index in [2.05, 4.69) is 10.3 Å². The third-order valence-corrected chi connectivity index (χ3v) is 3.14. The van der Waals surface area contributed by atoms with Gasteiger partial charge in [0.05, 0.1) is 7.11 Å². The summed E-state index contributed by atoms with van der Waals surface area (Å²) in [6.07, 6.45) is 0. The van der Waals surface area contributed by atoms with Crippen molar-refractivity contribution in [2.24, 2.45) is 0 Å². The number of nitrogens with zero attached hydrogens (tertiary/aromatic N) is 1. The van der Waals surface area contributed by atoms with Gasteiger partial charge in [-0.15, -0.1) is 0 Å². The van der Waals surface area contributed by atoms with E-state index in [9.17, 15) is 4.79 Å². The van der Waals surface area contributed by atoms with Crippen LogP contribution in [0.2, 0.25) is 0 Å². The van der Waals surface area contributed by atoms with Crippen molar-refractivity contribution in [3.05, 3.63) is 47.2 Å². The van der Waals surface area contributed by atoms with Crippen LogP contribution < -0.4 is 10.1 Å². The second kappa shape index (κ2) is 4.85. The van der Waals surface area contributed by atoms with Gasteiger partial charge in [0.2, 0.25) is 0 Å². The average molecular weight is 270 g/mol. The number of esters is 1. The maximum Gasteiger partial charge on any atom is 0.342 e. The highest BCUT2D eigenvalue weighted by Gasteiger charge is 2.26. The number of hydrogen-bond donors (Lipinski definition) is 1. The summed E-state index contributed by atoms with van der Waals surface area (Å²) >= 11 is 0. The Bertz CT molecular complexity index is 666. The van der Waals surface area contributed by atoms with Crippen molar-refractivity contribution in [3.63, 3.8) is 0 Å². The molecule has 1 aromatic heterocycles. The molecular weight excluding hydrogens is 256 g/mol. The number of anilines is 2. The van der Waals surface area contributed by atoms with Gasteiger partial charge in [0, 0.05) is 16.9 Å². The van der Waals surface area contributed by atoms with Gasteiger partial charge in [0.25, 0.3) is 0 Å². The predicted octanol–water partition coefficient (Wildman–Crippen LogP) is 2.81. The van der Waals surface area contributed by atoms with Crippen LogP contribution in [0.25, 0.3) is 0 Å². The highest BCUT2D eigenvalue weighted by atomic mass is 16.5. The third-order valence-electron chi connectivity index (χ3n) is 3.14. The van der Waals surface area contributed by atoms with Crippen molar-refractivity contribution in [3.8, 4) is 5.75 Å². The zero-order valence-electron chi connectivity index (χ0n) is 11.3. The Morgan fingerprint density at radius 1 is 1.30 bits per heavy atom. The number of cyclic esters (lactones) is 1. The highest BCUT2D eigenvalue weighted by molar-refractivity contribution is 5.99. The molecule has 1 N–H and O–H groups in total. The lowest BCUT2D eigenvalue weighted by molar-refractivity contribution is 0.0535. The molecule has 2 heterocycles. The average Bonchev–Trinajstić information content (AvgIpc) is 2.81. The summed E-state index contributed by atoms with van der Waals surface area (Å²) in [5.41, 5.74) is 3.08. The first kappa shape index (κ1) is 12.5. The minimum absolute atomic E-state index is 0.314. The molecule has 0 aliphatic carbocycles. The van der Waals surface area contributed by atoms with E-state index < -0.39 is 0 Å². The van der Waals surface area contributed by atoms with E-state index in [1.165, 1.54) is 0 Å². The number of carbonyl (C=O) groups excluding carboxylic acids is 1. The van der Waals surface area contributed by atoms with Crippen LogP contribution in [0.4, 0.5) is 11.5 Å². The van der Waals surface area contributed by atoms with Crippen LogP contribution in [0, 0.1) is 6.92 Å². The van der Waals surface area contributed by atoms with Gasteiger partial charge in [-0.1, -0.05) is 0 Å². The first-order valence-corrected chi connectivity index (χ1v) is 6.26. The monoisotopic (exact) mass is 270 g/mol. The number of aryl methyl sites for hydroxylation is 1. The minimum atomic E-state index is -0.330. The van der Waals surface area contributed by atoms with Crippen molar-refractivity contribution < 1.29 is 14.3 Å². The zero-order chi connectivity index (χ0) is 14.1. The number of pyridine rings is 1. The van der Waals surface area contributed by atoms with Gasteiger partial charge in [-0.25, -0.2) is 9.78 Å². The second-order valence-electron chi connectivity index (χ2n) is 4.58. The maximum atomic E-state index is 11.8. The van der Waals surface area contributed by atoms with E-state index in [1.54, 1.807) is 7.11 Å². The molecule has 5 heteroatoms. The molecule has 5 nitrogen and oxygen atoms in total. The number of fused-ring (bicyclic) bond motifs is 1. The molecule has 1 aromatic carbocycles.